The summed E-state index contributed by atoms with van der Waals surface area (Å²) in [5, 5.41) is 8.78. The second kappa shape index (κ2) is 7.21. The Balaban J connectivity index is 3.69. The molecule has 0 aliphatic carbocycles. The first-order valence-electron chi connectivity index (χ1n) is 4.52. The zero-order chi connectivity index (χ0) is 12.6. The maximum atomic E-state index is 10.9. The van der Waals surface area contributed by atoms with E-state index in [1.54, 1.807) is 0 Å². The minimum Gasteiger partial charge on any atom is -0.351 e. The highest BCUT2D eigenvalue weighted by Gasteiger charge is 2.11. The molecule has 0 fully saturated rings. The number of carbonyl (C=O) groups excluding carboxylic acids is 4. The lowest BCUT2D eigenvalue weighted by Gasteiger charge is -2.05. The molecule has 0 aromatic heterocycles. The van der Waals surface area contributed by atoms with E-state index in [-0.39, 0.29) is 13.1 Å². The summed E-state index contributed by atoms with van der Waals surface area (Å²) < 4.78 is 0. The predicted molar refractivity (Wildman–Crippen MR) is 54.2 cm³/mol. The first-order chi connectivity index (χ1) is 7.52. The van der Waals surface area contributed by atoms with Crippen molar-refractivity contribution in [2.45, 2.75) is 0 Å². The quantitative estimate of drug-likeness (QED) is 0.300. The van der Waals surface area contributed by atoms with Gasteiger partial charge in [-0.05, 0) is 0 Å². The number of hydrogen-bond donors (Lipinski definition) is 4. The highest BCUT2D eigenvalue weighted by molar-refractivity contribution is 6.35. The van der Waals surface area contributed by atoms with Crippen molar-refractivity contribution in [1.29, 1.82) is 0 Å². The van der Waals surface area contributed by atoms with E-state index in [9.17, 15) is 19.2 Å². The minimum atomic E-state index is -0.795. The first kappa shape index (κ1) is 13.9. The van der Waals surface area contributed by atoms with E-state index in [4.69, 9.17) is 0 Å². The van der Waals surface area contributed by atoms with Crippen molar-refractivity contribution in [3.63, 3.8) is 0 Å². The highest BCUT2D eigenvalue weighted by Crippen LogP contribution is 1.69. The zero-order valence-electron chi connectivity index (χ0n) is 9.05. The van der Waals surface area contributed by atoms with Crippen LogP contribution in [0.5, 0.6) is 0 Å². The summed E-state index contributed by atoms with van der Waals surface area (Å²) in [4.78, 5) is 43.2. The molecular weight excluding hydrogens is 216 g/mol. The predicted octanol–water partition coefficient (Wildman–Crippen LogP) is -3.29. The number of carbonyl (C=O) groups is 4. The number of hydrogen-bond acceptors (Lipinski definition) is 4. The van der Waals surface area contributed by atoms with Crippen molar-refractivity contribution in [2.75, 3.05) is 27.2 Å². The Kier molecular flexibility index (Phi) is 6.25. The normalized spacial score (nSPS) is 8.88. The van der Waals surface area contributed by atoms with Gasteiger partial charge in [-0.15, -0.1) is 0 Å². The molecule has 0 bridgehead atoms. The zero-order valence-corrected chi connectivity index (χ0v) is 9.05. The third-order valence-electron chi connectivity index (χ3n) is 1.56. The molecule has 0 heterocycles. The van der Waals surface area contributed by atoms with Crippen LogP contribution >= 0.6 is 0 Å². The van der Waals surface area contributed by atoms with Gasteiger partial charge in [0.15, 0.2) is 0 Å². The van der Waals surface area contributed by atoms with Gasteiger partial charge in [0.1, 0.15) is 0 Å². The molecule has 0 unspecified atom stereocenters. The van der Waals surface area contributed by atoms with Crippen molar-refractivity contribution in [3.05, 3.63) is 0 Å². The van der Waals surface area contributed by atoms with Crippen LogP contribution in [-0.4, -0.2) is 50.8 Å². The standard InChI is InChI=1S/C8H14N4O4/c1-9-5(13)7(15)11-3-4-12-8(16)6(14)10-2/h3-4H2,1-2H3,(H,9,13)(H,10,14)(H,11,15)(H,12,16). The summed E-state index contributed by atoms with van der Waals surface area (Å²) in [5.41, 5.74) is 0. The Labute approximate surface area is 92.1 Å². The van der Waals surface area contributed by atoms with Gasteiger partial charge in [0, 0.05) is 27.2 Å². The van der Waals surface area contributed by atoms with Crippen LogP contribution in [0.25, 0.3) is 0 Å². The van der Waals surface area contributed by atoms with Gasteiger partial charge in [0.05, 0.1) is 0 Å². The van der Waals surface area contributed by atoms with Crippen molar-refractivity contribution in [2.24, 2.45) is 0 Å². The van der Waals surface area contributed by atoms with Crippen LogP contribution in [0, 0.1) is 0 Å². The fourth-order valence-corrected chi connectivity index (χ4v) is 0.740. The summed E-state index contributed by atoms with van der Waals surface area (Å²) >= 11 is 0. The summed E-state index contributed by atoms with van der Waals surface area (Å²) in [5.74, 6) is -3.12. The smallest absolute Gasteiger partial charge is 0.309 e. The maximum Gasteiger partial charge on any atom is 0.309 e. The van der Waals surface area contributed by atoms with E-state index in [1.807, 2.05) is 0 Å². The van der Waals surface area contributed by atoms with Gasteiger partial charge < -0.3 is 21.3 Å². The van der Waals surface area contributed by atoms with Crippen molar-refractivity contribution >= 4 is 23.6 Å². The van der Waals surface area contributed by atoms with E-state index in [1.165, 1.54) is 14.1 Å². The Morgan fingerprint density at radius 1 is 0.688 bits per heavy atom. The van der Waals surface area contributed by atoms with Gasteiger partial charge in [0.25, 0.3) is 0 Å². The number of nitrogens with one attached hydrogen (secondary N) is 4. The van der Waals surface area contributed by atoms with E-state index < -0.39 is 23.6 Å². The largest absolute Gasteiger partial charge is 0.351 e. The molecule has 0 aliphatic rings. The molecule has 90 valence electrons. The topological polar surface area (TPSA) is 116 Å². The molecule has 0 atom stereocenters. The summed E-state index contributed by atoms with van der Waals surface area (Å²) in [6, 6.07) is 0. The third-order valence-corrected chi connectivity index (χ3v) is 1.56. The van der Waals surface area contributed by atoms with Crippen molar-refractivity contribution in [1.82, 2.24) is 21.3 Å². The van der Waals surface area contributed by atoms with Crippen LogP contribution < -0.4 is 21.3 Å². The number of rotatable bonds is 3. The fourth-order valence-electron chi connectivity index (χ4n) is 0.740. The molecule has 0 aromatic carbocycles. The van der Waals surface area contributed by atoms with Gasteiger partial charge >= 0.3 is 23.6 Å². The molecule has 0 aromatic rings. The molecule has 8 heteroatoms. The van der Waals surface area contributed by atoms with E-state index >= 15 is 0 Å². The Morgan fingerprint density at radius 2 is 1.00 bits per heavy atom. The van der Waals surface area contributed by atoms with Crippen LogP contribution in [0.3, 0.4) is 0 Å². The Morgan fingerprint density at radius 3 is 1.25 bits per heavy atom. The second-order valence-electron chi connectivity index (χ2n) is 2.67. The van der Waals surface area contributed by atoms with Crippen LogP contribution in [0.15, 0.2) is 0 Å². The second-order valence-corrected chi connectivity index (χ2v) is 2.67. The molecule has 0 aliphatic heterocycles. The van der Waals surface area contributed by atoms with Gasteiger partial charge in [0.2, 0.25) is 0 Å². The summed E-state index contributed by atoms with van der Waals surface area (Å²) in [6.45, 7) is 0.129. The van der Waals surface area contributed by atoms with Gasteiger partial charge in [-0.3, -0.25) is 19.2 Å². The average molecular weight is 230 g/mol. The Hall–Kier alpha value is -2.12. The lowest BCUT2D eigenvalue weighted by Crippen LogP contribution is -2.44. The minimum absolute atomic E-state index is 0.0645. The fraction of sp³-hybridized carbons (Fsp3) is 0.500. The molecule has 0 rings (SSSR count). The van der Waals surface area contributed by atoms with Crippen molar-refractivity contribution in [3.8, 4) is 0 Å². The van der Waals surface area contributed by atoms with Gasteiger partial charge in [-0.2, -0.15) is 0 Å². The molecular formula is C8H14N4O4. The molecule has 16 heavy (non-hydrogen) atoms. The maximum absolute atomic E-state index is 10.9. The van der Waals surface area contributed by atoms with E-state index in [0.717, 1.165) is 0 Å². The van der Waals surface area contributed by atoms with Crippen molar-refractivity contribution < 1.29 is 19.2 Å². The molecule has 0 radical (unpaired) electrons. The third kappa shape index (κ3) is 4.94. The SMILES string of the molecule is CNC(=O)C(=O)NCCNC(=O)C(=O)NC. The monoisotopic (exact) mass is 230 g/mol. The lowest BCUT2D eigenvalue weighted by atomic mass is 10.5. The van der Waals surface area contributed by atoms with Crippen LogP contribution in [0.2, 0.25) is 0 Å². The number of amides is 4. The van der Waals surface area contributed by atoms with E-state index in [0.29, 0.717) is 0 Å². The van der Waals surface area contributed by atoms with Crippen LogP contribution in [0.4, 0.5) is 0 Å². The molecule has 8 nitrogen and oxygen atoms in total. The van der Waals surface area contributed by atoms with Gasteiger partial charge in [-0.25, -0.2) is 0 Å². The van der Waals surface area contributed by atoms with Gasteiger partial charge in [-0.1, -0.05) is 0 Å². The molecule has 0 saturated heterocycles. The van der Waals surface area contributed by atoms with E-state index in [2.05, 4.69) is 21.3 Å². The summed E-state index contributed by atoms with van der Waals surface area (Å²) in [7, 11) is 2.66. The first-order valence-corrected chi connectivity index (χ1v) is 4.52. The van der Waals surface area contributed by atoms with Crippen LogP contribution in [0.1, 0.15) is 0 Å². The molecule has 4 N–H and O–H groups in total. The highest BCUT2D eigenvalue weighted by atomic mass is 16.2. The molecule has 4 amide bonds. The molecule has 0 spiro atoms. The molecule has 0 saturated carbocycles. The number of likely N-dealkylation sites (N-methyl/N-ethyl adjacent to an activating group) is 2. The Bertz CT molecular complexity index is 272. The summed E-state index contributed by atoms with van der Waals surface area (Å²) in [6.07, 6.45) is 0. The average Bonchev–Trinajstić information content (AvgIpc) is 2.31. The van der Waals surface area contributed by atoms with Crippen LogP contribution in [-0.2, 0) is 19.2 Å². The lowest BCUT2D eigenvalue weighted by molar-refractivity contribution is -0.139.